The van der Waals surface area contributed by atoms with Gasteiger partial charge in [0, 0.05) is 24.0 Å². The highest BCUT2D eigenvalue weighted by Crippen LogP contribution is 2.24. The molecular weight excluding hydrogens is 346 g/mol. The monoisotopic (exact) mass is 365 g/mol. The number of para-hydroxylation sites is 1. The van der Waals surface area contributed by atoms with Gasteiger partial charge >= 0.3 is 0 Å². The van der Waals surface area contributed by atoms with E-state index in [1.165, 1.54) is 11.1 Å². The van der Waals surface area contributed by atoms with Crippen LogP contribution in [0, 0.1) is 0 Å². The number of pyridine rings is 3. The third kappa shape index (κ3) is 3.11. The van der Waals surface area contributed by atoms with Crippen molar-refractivity contribution in [1.82, 2.24) is 24.6 Å². The summed E-state index contributed by atoms with van der Waals surface area (Å²) in [6.45, 7) is 0. The minimum atomic E-state index is 0.768. The molecule has 0 aliphatic heterocycles. The van der Waals surface area contributed by atoms with Crippen molar-refractivity contribution in [3.05, 3.63) is 90.4 Å². The number of hydrogen-bond donors (Lipinski definition) is 0. The van der Waals surface area contributed by atoms with Crippen molar-refractivity contribution in [2.24, 2.45) is 0 Å². The average molecular weight is 365 g/mol. The minimum Gasteiger partial charge on any atom is -0.281 e. The Balaban J connectivity index is 1.48. The van der Waals surface area contributed by atoms with E-state index in [2.05, 4.69) is 51.6 Å². The molecule has 0 aliphatic rings. The van der Waals surface area contributed by atoms with Crippen LogP contribution in [0.3, 0.4) is 0 Å². The largest absolute Gasteiger partial charge is 0.281 e. The second-order valence-corrected chi connectivity index (χ2v) is 6.85. The SMILES string of the molecule is c1cc(CCCc2ccncc2)c2nc(-c3nnc4ccccn34)ccc2c1. The van der Waals surface area contributed by atoms with Crippen LogP contribution in [0.2, 0.25) is 0 Å². The number of aryl methyl sites for hydroxylation is 2. The van der Waals surface area contributed by atoms with Crippen LogP contribution >= 0.6 is 0 Å². The summed E-state index contributed by atoms with van der Waals surface area (Å²) >= 11 is 0. The summed E-state index contributed by atoms with van der Waals surface area (Å²) in [5.74, 6) is 0.768. The number of hydrogen-bond acceptors (Lipinski definition) is 4. The van der Waals surface area contributed by atoms with Crippen LogP contribution in [0.15, 0.2) is 79.3 Å². The van der Waals surface area contributed by atoms with Crippen molar-refractivity contribution in [3.63, 3.8) is 0 Å². The molecule has 5 nitrogen and oxygen atoms in total. The second kappa shape index (κ2) is 7.19. The van der Waals surface area contributed by atoms with Gasteiger partial charge in [0.2, 0.25) is 0 Å². The van der Waals surface area contributed by atoms with E-state index in [1.807, 2.05) is 47.3 Å². The lowest BCUT2D eigenvalue weighted by Gasteiger charge is -2.08. The molecule has 4 heterocycles. The van der Waals surface area contributed by atoms with Crippen LogP contribution in [0.4, 0.5) is 0 Å². The fourth-order valence-electron chi connectivity index (χ4n) is 3.58. The summed E-state index contributed by atoms with van der Waals surface area (Å²) in [4.78, 5) is 9.05. The number of nitrogens with zero attached hydrogens (tertiary/aromatic N) is 5. The molecule has 0 amide bonds. The fourth-order valence-corrected chi connectivity index (χ4v) is 3.58. The molecule has 5 rings (SSSR count). The third-order valence-corrected chi connectivity index (χ3v) is 5.01. The van der Waals surface area contributed by atoms with E-state index in [0.717, 1.165) is 47.3 Å². The molecule has 0 fully saturated rings. The zero-order valence-electron chi connectivity index (χ0n) is 15.4. The van der Waals surface area contributed by atoms with Gasteiger partial charge in [0.1, 0.15) is 5.69 Å². The quantitative estimate of drug-likeness (QED) is 0.460. The summed E-state index contributed by atoms with van der Waals surface area (Å²) in [7, 11) is 0. The van der Waals surface area contributed by atoms with E-state index in [-0.39, 0.29) is 0 Å². The van der Waals surface area contributed by atoms with Crippen LogP contribution in [0.25, 0.3) is 28.1 Å². The summed E-state index contributed by atoms with van der Waals surface area (Å²) < 4.78 is 1.97. The lowest BCUT2D eigenvalue weighted by Crippen LogP contribution is -1.96. The topological polar surface area (TPSA) is 56.0 Å². The van der Waals surface area contributed by atoms with Gasteiger partial charge in [-0.05, 0) is 60.7 Å². The lowest BCUT2D eigenvalue weighted by molar-refractivity contribution is 0.822. The first-order valence-corrected chi connectivity index (χ1v) is 9.46. The Morgan fingerprint density at radius 3 is 2.64 bits per heavy atom. The molecule has 0 radical (unpaired) electrons. The van der Waals surface area contributed by atoms with Crippen LogP contribution in [0.1, 0.15) is 17.5 Å². The van der Waals surface area contributed by atoms with Crippen LogP contribution in [0.5, 0.6) is 0 Å². The Morgan fingerprint density at radius 2 is 1.71 bits per heavy atom. The van der Waals surface area contributed by atoms with Crippen LogP contribution in [-0.2, 0) is 12.8 Å². The van der Waals surface area contributed by atoms with Crippen molar-refractivity contribution in [3.8, 4) is 11.5 Å². The maximum absolute atomic E-state index is 4.96. The van der Waals surface area contributed by atoms with Gasteiger partial charge in [-0.15, -0.1) is 10.2 Å². The molecule has 4 aromatic heterocycles. The second-order valence-electron chi connectivity index (χ2n) is 6.85. The van der Waals surface area contributed by atoms with E-state index >= 15 is 0 Å². The van der Waals surface area contributed by atoms with Crippen molar-refractivity contribution in [2.75, 3.05) is 0 Å². The molecule has 0 spiro atoms. The maximum atomic E-state index is 4.96. The summed E-state index contributed by atoms with van der Waals surface area (Å²) in [5.41, 5.74) is 5.29. The Hall–Kier alpha value is -3.60. The van der Waals surface area contributed by atoms with Gasteiger partial charge in [0.15, 0.2) is 11.5 Å². The van der Waals surface area contributed by atoms with Crippen LogP contribution in [-0.4, -0.2) is 24.6 Å². The van der Waals surface area contributed by atoms with E-state index in [9.17, 15) is 0 Å². The van der Waals surface area contributed by atoms with Gasteiger partial charge in [-0.2, -0.15) is 0 Å². The average Bonchev–Trinajstić information content (AvgIpc) is 3.19. The molecule has 5 aromatic rings. The number of rotatable bonds is 5. The molecule has 1 aromatic carbocycles. The summed E-state index contributed by atoms with van der Waals surface area (Å²) in [6.07, 6.45) is 8.76. The normalized spacial score (nSPS) is 11.3. The minimum absolute atomic E-state index is 0.768. The first-order valence-electron chi connectivity index (χ1n) is 9.46. The van der Waals surface area contributed by atoms with Gasteiger partial charge < -0.3 is 0 Å². The molecule has 0 aliphatic carbocycles. The maximum Gasteiger partial charge on any atom is 0.187 e. The zero-order chi connectivity index (χ0) is 18.8. The predicted octanol–water partition coefficient (Wildman–Crippen LogP) is 4.51. The van der Waals surface area contributed by atoms with Crippen molar-refractivity contribution < 1.29 is 0 Å². The Kier molecular flexibility index (Phi) is 4.26. The molecule has 0 bridgehead atoms. The standard InChI is InChI=1S/C23H19N5/c1-2-16-28-21(9-1)26-27-23(28)20-11-10-19-8-4-7-18(22(19)25-20)6-3-5-17-12-14-24-15-13-17/h1-2,4,7-16H,3,5-6H2. The third-order valence-electron chi connectivity index (χ3n) is 5.01. The van der Waals surface area contributed by atoms with E-state index in [4.69, 9.17) is 4.98 Å². The smallest absolute Gasteiger partial charge is 0.187 e. The molecule has 0 saturated carbocycles. The molecular formula is C23H19N5. The summed E-state index contributed by atoms with van der Waals surface area (Å²) in [6, 6.07) is 20.6. The number of fused-ring (bicyclic) bond motifs is 2. The number of aromatic nitrogens is 5. The van der Waals surface area contributed by atoms with Crippen molar-refractivity contribution >= 4 is 16.6 Å². The van der Waals surface area contributed by atoms with Gasteiger partial charge in [0.25, 0.3) is 0 Å². The first-order chi connectivity index (χ1) is 13.9. The highest BCUT2D eigenvalue weighted by atomic mass is 15.2. The molecule has 0 N–H and O–H groups in total. The predicted molar refractivity (Wildman–Crippen MR) is 110 cm³/mol. The van der Waals surface area contributed by atoms with Crippen molar-refractivity contribution in [1.29, 1.82) is 0 Å². The molecule has 5 heteroatoms. The summed E-state index contributed by atoms with van der Waals surface area (Å²) in [5, 5.41) is 9.75. The first kappa shape index (κ1) is 16.6. The van der Waals surface area contributed by atoms with E-state index in [1.54, 1.807) is 0 Å². The van der Waals surface area contributed by atoms with Crippen molar-refractivity contribution in [2.45, 2.75) is 19.3 Å². The molecule has 28 heavy (non-hydrogen) atoms. The number of benzene rings is 1. The van der Waals surface area contributed by atoms with E-state index < -0.39 is 0 Å². The highest BCUT2D eigenvalue weighted by Gasteiger charge is 2.11. The molecule has 136 valence electrons. The highest BCUT2D eigenvalue weighted by molar-refractivity contribution is 5.84. The zero-order valence-corrected chi connectivity index (χ0v) is 15.4. The van der Waals surface area contributed by atoms with Gasteiger partial charge in [-0.3, -0.25) is 9.38 Å². The van der Waals surface area contributed by atoms with E-state index in [0.29, 0.717) is 0 Å². The molecule has 0 saturated heterocycles. The lowest BCUT2D eigenvalue weighted by atomic mass is 10.0. The Bertz CT molecular complexity index is 1240. The Morgan fingerprint density at radius 1 is 0.786 bits per heavy atom. The fraction of sp³-hybridized carbons (Fsp3) is 0.130. The Labute approximate surface area is 162 Å². The van der Waals surface area contributed by atoms with Crippen LogP contribution < -0.4 is 0 Å². The van der Waals surface area contributed by atoms with Gasteiger partial charge in [-0.1, -0.05) is 30.3 Å². The molecule has 0 atom stereocenters. The molecule has 0 unspecified atom stereocenters. The van der Waals surface area contributed by atoms with Gasteiger partial charge in [0.05, 0.1) is 5.52 Å². The van der Waals surface area contributed by atoms with Gasteiger partial charge in [-0.25, -0.2) is 4.98 Å².